The monoisotopic (exact) mass is 394 g/mol. The summed E-state index contributed by atoms with van der Waals surface area (Å²) in [4.78, 5) is 25.7. The number of carbonyl (C=O) groups excluding carboxylic acids is 1. The molecule has 7 heteroatoms. The Kier molecular flexibility index (Phi) is 5.67. The minimum atomic E-state index is -0.194. The molecule has 1 atom stereocenters. The first-order valence-corrected chi connectivity index (χ1v) is 10.4. The van der Waals surface area contributed by atoms with Crippen LogP contribution < -0.4 is 15.5 Å². The van der Waals surface area contributed by atoms with Crippen molar-refractivity contribution < 1.29 is 4.79 Å². The number of hydrogen-bond acceptors (Lipinski definition) is 6. The summed E-state index contributed by atoms with van der Waals surface area (Å²) in [7, 11) is 3.89. The maximum absolute atomic E-state index is 12.5. The summed E-state index contributed by atoms with van der Waals surface area (Å²) < 4.78 is 0. The van der Waals surface area contributed by atoms with Gasteiger partial charge in [0.1, 0.15) is 0 Å². The van der Waals surface area contributed by atoms with Crippen molar-refractivity contribution >= 4 is 17.5 Å². The Labute approximate surface area is 172 Å². The zero-order valence-corrected chi connectivity index (χ0v) is 17.3. The number of carbonyl (C=O) groups is 1. The summed E-state index contributed by atoms with van der Waals surface area (Å²) >= 11 is 0. The van der Waals surface area contributed by atoms with Gasteiger partial charge in [-0.2, -0.15) is 0 Å². The summed E-state index contributed by atoms with van der Waals surface area (Å²) in [6.07, 6.45) is 7.34. The number of nitrogens with one attached hydrogen (secondary N) is 2. The van der Waals surface area contributed by atoms with Crippen molar-refractivity contribution in [1.29, 1.82) is 0 Å². The summed E-state index contributed by atoms with van der Waals surface area (Å²) in [6, 6.07) is 8.30. The van der Waals surface area contributed by atoms with Crippen LogP contribution in [0.1, 0.15) is 36.8 Å². The maximum atomic E-state index is 12.5. The zero-order chi connectivity index (χ0) is 20.3. The first kappa shape index (κ1) is 19.6. The molecule has 2 aromatic rings. The largest absolute Gasteiger partial charge is 0.379 e. The van der Waals surface area contributed by atoms with E-state index in [0.717, 1.165) is 61.7 Å². The molecule has 1 amide bonds. The van der Waals surface area contributed by atoms with E-state index in [9.17, 15) is 4.79 Å². The number of amides is 1. The fraction of sp³-hybridized carbons (Fsp3) is 0.500. The molecular weight excluding hydrogens is 364 g/mol. The van der Waals surface area contributed by atoms with Crippen LogP contribution >= 0.6 is 0 Å². The molecule has 0 unspecified atom stereocenters. The van der Waals surface area contributed by atoms with Gasteiger partial charge >= 0.3 is 0 Å². The molecule has 1 aromatic carbocycles. The quantitative estimate of drug-likeness (QED) is 0.833. The standard InChI is InChI=1S/C22H30N6O/c1-27(2)21-24-13-17(14-25-21)16-28-10-5-8-22(9-11-28)12-20(29)23-15-18-6-3-4-7-19(18)26-22/h3-4,6-7,13-14,26H,5,8-12,15-16H2,1-2H3,(H,23,29)/t22-/m1/s1. The maximum Gasteiger partial charge on any atom is 0.224 e. The number of rotatable bonds is 3. The lowest BCUT2D eigenvalue weighted by Gasteiger charge is -2.37. The van der Waals surface area contributed by atoms with Crippen molar-refractivity contribution in [2.45, 2.75) is 44.3 Å². The molecule has 1 aromatic heterocycles. The van der Waals surface area contributed by atoms with Gasteiger partial charge in [0.2, 0.25) is 11.9 Å². The Morgan fingerprint density at radius 1 is 1.14 bits per heavy atom. The molecule has 1 saturated heterocycles. The lowest BCUT2D eigenvalue weighted by molar-refractivity contribution is -0.122. The van der Waals surface area contributed by atoms with Gasteiger partial charge in [-0.25, -0.2) is 9.97 Å². The van der Waals surface area contributed by atoms with Crippen molar-refractivity contribution in [2.24, 2.45) is 0 Å². The number of likely N-dealkylation sites (tertiary alicyclic amines) is 1. The molecule has 0 bridgehead atoms. The minimum Gasteiger partial charge on any atom is -0.379 e. The molecule has 2 aliphatic rings. The van der Waals surface area contributed by atoms with Gasteiger partial charge in [0, 0.05) is 69.3 Å². The summed E-state index contributed by atoms with van der Waals surface area (Å²) in [5.41, 5.74) is 3.23. The fourth-order valence-corrected chi connectivity index (χ4v) is 4.32. The van der Waals surface area contributed by atoms with E-state index in [1.165, 1.54) is 0 Å². The molecule has 0 radical (unpaired) electrons. The van der Waals surface area contributed by atoms with E-state index >= 15 is 0 Å². The van der Waals surface area contributed by atoms with Crippen LogP contribution in [-0.2, 0) is 17.9 Å². The van der Waals surface area contributed by atoms with Crippen LogP contribution in [0.4, 0.5) is 11.6 Å². The van der Waals surface area contributed by atoms with Gasteiger partial charge in [-0.3, -0.25) is 9.69 Å². The second-order valence-electron chi connectivity index (χ2n) is 8.43. The SMILES string of the molecule is CN(C)c1ncc(CN2CCC[C@@]3(CC2)CC(=O)NCc2ccccc2N3)cn1. The van der Waals surface area contributed by atoms with Crippen molar-refractivity contribution in [3.63, 3.8) is 0 Å². The van der Waals surface area contributed by atoms with Crippen LogP contribution in [0.25, 0.3) is 0 Å². The van der Waals surface area contributed by atoms with E-state index in [2.05, 4.69) is 43.7 Å². The van der Waals surface area contributed by atoms with Gasteiger partial charge in [-0.1, -0.05) is 18.2 Å². The van der Waals surface area contributed by atoms with Gasteiger partial charge in [-0.05, 0) is 37.4 Å². The molecule has 4 rings (SSSR count). The van der Waals surface area contributed by atoms with Crippen molar-refractivity contribution in [1.82, 2.24) is 20.2 Å². The number of para-hydroxylation sites is 1. The van der Waals surface area contributed by atoms with Gasteiger partial charge in [0.25, 0.3) is 0 Å². The van der Waals surface area contributed by atoms with E-state index in [0.29, 0.717) is 13.0 Å². The highest BCUT2D eigenvalue weighted by Crippen LogP contribution is 2.33. The number of aromatic nitrogens is 2. The van der Waals surface area contributed by atoms with Gasteiger partial charge < -0.3 is 15.5 Å². The van der Waals surface area contributed by atoms with Crippen LogP contribution in [0.2, 0.25) is 0 Å². The van der Waals surface area contributed by atoms with Crippen molar-refractivity contribution in [2.75, 3.05) is 37.4 Å². The predicted octanol–water partition coefficient (Wildman–Crippen LogP) is 2.40. The minimum absolute atomic E-state index is 0.133. The lowest BCUT2D eigenvalue weighted by Crippen LogP contribution is -2.46. The first-order chi connectivity index (χ1) is 14.0. The Morgan fingerprint density at radius 3 is 2.72 bits per heavy atom. The van der Waals surface area contributed by atoms with Gasteiger partial charge in [-0.15, -0.1) is 0 Å². The summed E-state index contributed by atoms with van der Waals surface area (Å²) in [5.74, 6) is 0.861. The fourth-order valence-electron chi connectivity index (χ4n) is 4.32. The zero-order valence-electron chi connectivity index (χ0n) is 17.3. The number of nitrogens with zero attached hydrogens (tertiary/aromatic N) is 4. The molecule has 1 fully saturated rings. The molecule has 0 aliphatic carbocycles. The lowest BCUT2D eigenvalue weighted by atomic mass is 9.85. The second-order valence-corrected chi connectivity index (χ2v) is 8.43. The molecular formula is C22H30N6O. The number of benzene rings is 1. The summed E-state index contributed by atoms with van der Waals surface area (Å²) in [5, 5.41) is 6.86. The third-order valence-corrected chi connectivity index (χ3v) is 5.93. The molecule has 154 valence electrons. The number of hydrogen-bond donors (Lipinski definition) is 2. The molecule has 1 spiro atoms. The van der Waals surface area contributed by atoms with E-state index in [1.54, 1.807) is 0 Å². The predicted molar refractivity (Wildman–Crippen MR) is 115 cm³/mol. The molecule has 0 saturated carbocycles. The number of fused-ring (bicyclic) bond motifs is 1. The Morgan fingerprint density at radius 2 is 1.93 bits per heavy atom. The van der Waals surface area contributed by atoms with Crippen LogP contribution in [0.5, 0.6) is 0 Å². The highest BCUT2D eigenvalue weighted by atomic mass is 16.1. The van der Waals surface area contributed by atoms with Crippen LogP contribution in [0.3, 0.4) is 0 Å². The average molecular weight is 395 g/mol. The smallest absolute Gasteiger partial charge is 0.224 e. The Bertz CT molecular complexity index is 853. The average Bonchev–Trinajstić information content (AvgIpc) is 2.89. The molecule has 7 nitrogen and oxygen atoms in total. The van der Waals surface area contributed by atoms with Crippen LogP contribution in [0, 0.1) is 0 Å². The third-order valence-electron chi connectivity index (χ3n) is 5.93. The summed E-state index contributed by atoms with van der Waals surface area (Å²) in [6.45, 7) is 3.39. The normalized spacial score (nSPS) is 22.6. The van der Waals surface area contributed by atoms with Gasteiger partial charge in [0.05, 0.1) is 0 Å². The van der Waals surface area contributed by atoms with E-state index < -0.39 is 0 Å². The van der Waals surface area contributed by atoms with Crippen molar-refractivity contribution in [3.8, 4) is 0 Å². The second kappa shape index (κ2) is 8.37. The molecule has 2 aliphatic heterocycles. The molecule has 3 heterocycles. The topological polar surface area (TPSA) is 73.4 Å². The van der Waals surface area contributed by atoms with Crippen LogP contribution in [0.15, 0.2) is 36.7 Å². The van der Waals surface area contributed by atoms with E-state index in [4.69, 9.17) is 0 Å². The van der Waals surface area contributed by atoms with Crippen molar-refractivity contribution in [3.05, 3.63) is 47.8 Å². The highest BCUT2D eigenvalue weighted by Gasteiger charge is 2.36. The Hall–Kier alpha value is -2.67. The van der Waals surface area contributed by atoms with E-state index in [-0.39, 0.29) is 11.4 Å². The highest BCUT2D eigenvalue weighted by molar-refractivity contribution is 5.79. The van der Waals surface area contributed by atoms with Crippen LogP contribution in [-0.4, -0.2) is 53.5 Å². The Balaban J connectivity index is 1.46. The number of anilines is 2. The molecule has 29 heavy (non-hydrogen) atoms. The van der Waals surface area contributed by atoms with Gasteiger partial charge in [0.15, 0.2) is 0 Å². The molecule has 2 N–H and O–H groups in total. The third kappa shape index (κ3) is 4.67. The first-order valence-electron chi connectivity index (χ1n) is 10.4. The van der Waals surface area contributed by atoms with E-state index in [1.807, 2.05) is 37.5 Å².